The average molecular weight is 429 g/mol. The van der Waals surface area contributed by atoms with Crippen LogP contribution < -0.4 is 5.32 Å². The molecule has 2 amide bonds. The highest BCUT2D eigenvalue weighted by Gasteiger charge is 2.29. The van der Waals surface area contributed by atoms with E-state index >= 15 is 0 Å². The first kappa shape index (κ1) is 21.2. The highest BCUT2D eigenvalue weighted by atomic mass is 32.1. The first-order valence-corrected chi connectivity index (χ1v) is 9.83. The third kappa shape index (κ3) is 4.54. The standard InChI is InChI=1S/C20H19N3O6S/c1-12(24)22-10-9-15-16(11-22)30-19(18(15)20(26)29-2)21-17(25)8-5-13-3-6-14(7-4-13)23(27)28/h3-8H,9-11H2,1-2H3,(H,21,25)/b8-5+. The Balaban J connectivity index is 1.79. The van der Waals surface area contributed by atoms with E-state index in [-0.39, 0.29) is 11.6 Å². The van der Waals surface area contributed by atoms with Crippen LogP contribution in [0.2, 0.25) is 0 Å². The molecule has 9 nitrogen and oxygen atoms in total. The van der Waals surface area contributed by atoms with E-state index in [1.54, 1.807) is 4.90 Å². The van der Waals surface area contributed by atoms with E-state index in [1.165, 1.54) is 61.8 Å². The van der Waals surface area contributed by atoms with Crippen molar-refractivity contribution in [2.45, 2.75) is 19.9 Å². The normalized spacial score (nSPS) is 13.1. The van der Waals surface area contributed by atoms with Crippen LogP contribution in [0.3, 0.4) is 0 Å². The number of nitrogens with one attached hydrogen (secondary N) is 1. The molecule has 1 aromatic carbocycles. The van der Waals surface area contributed by atoms with E-state index in [2.05, 4.69) is 5.32 Å². The van der Waals surface area contributed by atoms with Gasteiger partial charge in [0.1, 0.15) is 5.00 Å². The summed E-state index contributed by atoms with van der Waals surface area (Å²) in [5, 5.41) is 13.8. The zero-order chi connectivity index (χ0) is 21.8. The second kappa shape index (κ2) is 8.87. The maximum absolute atomic E-state index is 12.4. The molecule has 30 heavy (non-hydrogen) atoms. The Kier molecular flexibility index (Phi) is 6.26. The minimum absolute atomic E-state index is 0.0388. The number of fused-ring (bicyclic) bond motifs is 1. The van der Waals surface area contributed by atoms with Gasteiger partial charge in [0.15, 0.2) is 0 Å². The largest absolute Gasteiger partial charge is 0.465 e. The number of hydrogen-bond acceptors (Lipinski definition) is 7. The number of anilines is 1. The van der Waals surface area contributed by atoms with Crippen molar-refractivity contribution in [3.63, 3.8) is 0 Å². The predicted molar refractivity (Wildman–Crippen MR) is 111 cm³/mol. The Hall–Kier alpha value is -3.53. The van der Waals surface area contributed by atoms with Crippen molar-refractivity contribution < 1.29 is 24.0 Å². The summed E-state index contributed by atoms with van der Waals surface area (Å²) in [5.41, 5.74) is 1.69. The fraction of sp³-hybridized carbons (Fsp3) is 0.250. The van der Waals surface area contributed by atoms with Crippen molar-refractivity contribution in [3.8, 4) is 0 Å². The van der Waals surface area contributed by atoms with E-state index in [9.17, 15) is 24.5 Å². The van der Waals surface area contributed by atoms with E-state index < -0.39 is 16.8 Å². The lowest BCUT2D eigenvalue weighted by molar-refractivity contribution is -0.384. The Labute approximate surface area is 176 Å². The molecule has 2 aromatic rings. The number of benzene rings is 1. The lowest BCUT2D eigenvalue weighted by atomic mass is 10.0. The van der Waals surface area contributed by atoms with E-state index in [4.69, 9.17) is 4.74 Å². The summed E-state index contributed by atoms with van der Waals surface area (Å²) in [6.07, 6.45) is 3.30. The molecule has 0 saturated heterocycles. The molecule has 1 N–H and O–H groups in total. The van der Waals surface area contributed by atoms with Gasteiger partial charge in [0, 0.05) is 36.6 Å². The van der Waals surface area contributed by atoms with Gasteiger partial charge in [0.25, 0.3) is 5.69 Å². The Bertz CT molecular complexity index is 1040. The number of ether oxygens (including phenoxy) is 1. The quantitative estimate of drug-likeness (QED) is 0.338. The fourth-order valence-electron chi connectivity index (χ4n) is 3.11. The third-order valence-electron chi connectivity index (χ3n) is 4.66. The van der Waals surface area contributed by atoms with E-state index in [1.807, 2.05) is 0 Å². The van der Waals surface area contributed by atoms with Gasteiger partial charge in [0.2, 0.25) is 11.8 Å². The molecule has 0 saturated carbocycles. The molecule has 0 bridgehead atoms. The summed E-state index contributed by atoms with van der Waals surface area (Å²) in [5.74, 6) is -1.05. The molecule has 1 aromatic heterocycles. The summed E-state index contributed by atoms with van der Waals surface area (Å²) in [6.45, 7) is 2.37. The zero-order valence-electron chi connectivity index (χ0n) is 16.3. The van der Waals surface area contributed by atoms with E-state index in [0.717, 1.165) is 10.4 Å². The zero-order valence-corrected chi connectivity index (χ0v) is 17.2. The summed E-state index contributed by atoms with van der Waals surface area (Å²) >= 11 is 1.25. The number of nitro benzene ring substituents is 1. The number of nitrogens with zero attached hydrogens (tertiary/aromatic N) is 2. The molecule has 10 heteroatoms. The maximum atomic E-state index is 12.4. The van der Waals surface area contributed by atoms with Crippen LogP contribution in [0.15, 0.2) is 30.3 Å². The van der Waals surface area contributed by atoms with Gasteiger partial charge in [-0.3, -0.25) is 19.7 Å². The molecule has 1 aliphatic heterocycles. The van der Waals surface area contributed by atoms with Crippen LogP contribution in [-0.4, -0.2) is 41.3 Å². The molecule has 2 heterocycles. The van der Waals surface area contributed by atoms with Gasteiger partial charge in [-0.25, -0.2) is 4.79 Å². The van der Waals surface area contributed by atoms with Crippen molar-refractivity contribution in [3.05, 3.63) is 62.0 Å². The lowest BCUT2D eigenvalue weighted by Crippen LogP contribution is -2.33. The van der Waals surface area contributed by atoms with Gasteiger partial charge in [-0.1, -0.05) is 0 Å². The first-order valence-electron chi connectivity index (χ1n) is 9.02. The minimum atomic E-state index is -0.543. The van der Waals surface area contributed by atoms with Crippen LogP contribution >= 0.6 is 11.3 Å². The van der Waals surface area contributed by atoms with Crippen LogP contribution in [0.25, 0.3) is 6.08 Å². The number of esters is 1. The van der Waals surface area contributed by atoms with Crippen LogP contribution in [0.4, 0.5) is 10.7 Å². The topological polar surface area (TPSA) is 119 Å². The van der Waals surface area contributed by atoms with Crippen molar-refractivity contribution in [2.75, 3.05) is 19.0 Å². The highest BCUT2D eigenvalue weighted by molar-refractivity contribution is 7.17. The summed E-state index contributed by atoms with van der Waals surface area (Å²) < 4.78 is 4.88. The number of carbonyl (C=O) groups excluding carboxylic acids is 3. The number of carbonyl (C=O) groups is 3. The molecule has 3 rings (SSSR count). The molecule has 0 spiro atoms. The number of rotatable bonds is 5. The number of non-ortho nitro benzene ring substituents is 1. The van der Waals surface area contributed by atoms with Crippen LogP contribution in [0.1, 0.15) is 33.3 Å². The van der Waals surface area contributed by atoms with Crippen molar-refractivity contribution >= 4 is 45.9 Å². The number of amides is 2. The fourth-order valence-corrected chi connectivity index (χ4v) is 4.37. The Morgan fingerprint density at radius 2 is 1.97 bits per heavy atom. The molecule has 1 aliphatic rings. The molecule has 0 radical (unpaired) electrons. The van der Waals surface area contributed by atoms with Gasteiger partial charge in [-0.05, 0) is 35.8 Å². The highest BCUT2D eigenvalue weighted by Crippen LogP contribution is 2.37. The summed E-state index contributed by atoms with van der Waals surface area (Å²) in [7, 11) is 1.27. The molecule has 0 atom stereocenters. The minimum Gasteiger partial charge on any atom is -0.465 e. The number of methoxy groups -OCH3 is 1. The second-order valence-corrected chi connectivity index (χ2v) is 7.67. The third-order valence-corrected chi connectivity index (χ3v) is 5.79. The monoisotopic (exact) mass is 429 g/mol. The van der Waals surface area contributed by atoms with Crippen LogP contribution in [0.5, 0.6) is 0 Å². The number of nitro groups is 1. The van der Waals surface area contributed by atoms with Gasteiger partial charge >= 0.3 is 5.97 Å². The van der Waals surface area contributed by atoms with Crippen LogP contribution in [0, 0.1) is 10.1 Å². The molecule has 0 aliphatic carbocycles. The molecule has 0 fully saturated rings. The molecule has 0 unspecified atom stereocenters. The van der Waals surface area contributed by atoms with Gasteiger partial charge < -0.3 is 15.0 Å². The van der Waals surface area contributed by atoms with E-state index in [0.29, 0.717) is 35.6 Å². The maximum Gasteiger partial charge on any atom is 0.341 e. The first-order chi connectivity index (χ1) is 14.3. The average Bonchev–Trinajstić information content (AvgIpc) is 3.08. The van der Waals surface area contributed by atoms with Crippen molar-refractivity contribution in [1.82, 2.24) is 4.90 Å². The Morgan fingerprint density at radius 3 is 2.57 bits per heavy atom. The van der Waals surface area contributed by atoms with Crippen LogP contribution in [-0.2, 0) is 27.3 Å². The molecular formula is C20H19N3O6S. The Morgan fingerprint density at radius 1 is 1.27 bits per heavy atom. The van der Waals surface area contributed by atoms with Gasteiger partial charge in [0.05, 0.1) is 24.1 Å². The van der Waals surface area contributed by atoms with Gasteiger partial charge in [-0.2, -0.15) is 0 Å². The summed E-state index contributed by atoms with van der Waals surface area (Å²) in [4.78, 5) is 49.1. The predicted octanol–water partition coefficient (Wildman–Crippen LogP) is 3.00. The number of hydrogen-bond donors (Lipinski definition) is 1. The smallest absolute Gasteiger partial charge is 0.341 e. The van der Waals surface area contributed by atoms with Gasteiger partial charge in [-0.15, -0.1) is 11.3 Å². The SMILES string of the molecule is COC(=O)c1c(NC(=O)/C=C/c2ccc([N+](=O)[O-])cc2)sc2c1CCN(C(C)=O)C2. The molecule has 156 valence electrons. The number of thiophene rings is 1. The molecular weight excluding hydrogens is 410 g/mol. The second-order valence-electron chi connectivity index (χ2n) is 6.56. The summed E-state index contributed by atoms with van der Waals surface area (Å²) in [6, 6.07) is 5.76. The van der Waals surface area contributed by atoms with Crippen molar-refractivity contribution in [1.29, 1.82) is 0 Å². The van der Waals surface area contributed by atoms with Crippen molar-refractivity contribution in [2.24, 2.45) is 0 Å². The lowest BCUT2D eigenvalue weighted by Gasteiger charge is -2.25.